The molecule has 172 valence electrons. The van der Waals surface area contributed by atoms with Gasteiger partial charge in [0.25, 0.3) is 0 Å². The highest BCUT2D eigenvalue weighted by Gasteiger charge is 2.27. The average molecular weight is 515 g/mol. The number of hydrogen-bond acceptors (Lipinski definition) is 6. The van der Waals surface area contributed by atoms with Gasteiger partial charge in [-0.1, -0.05) is 48.4 Å². The molecule has 0 radical (unpaired) electrons. The van der Waals surface area contributed by atoms with Gasteiger partial charge in [-0.3, -0.25) is 9.69 Å². The predicted octanol–water partition coefficient (Wildman–Crippen LogP) is 5.06. The Balaban J connectivity index is 1.94. The third-order valence-corrected chi connectivity index (χ3v) is 8.61. The minimum absolute atomic E-state index is 0.0610. The van der Waals surface area contributed by atoms with Crippen molar-refractivity contribution in [3.63, 3.8) is 0 Å². The number of likely N-dealkylation sites (N-methyl/N-ethyl adjacent to an activating group) is 1. The maximum Gasteiger partial charge on any atom is 0.244 e. The summed E-state index contributed by atoms with van der Waals surface area (Å²) in [6.07, 6.45) is 0. The van der Waals surface area contributed by atoms with Gasteiger partial charge in [0.2, 0.25) is 5.91 Å². The standard InChI is InChI=1S/C22H25Cl2N3O3S2/c1-4-26(5-2)12-13-27(22-25-21-15(3)18(24)10-11-19(21)31-22)20(28)14-32(29,30)17-8-6-16(23)7-9-17/h6-11H,4-5,12-14H2,1-3H3. The molecule has 0 aliphatic rings. The Morgan fingerprint density at radius 1 is 1.03 bits per heavy atom. The fourth-order valence-corrected chi connectivity index (χ4v) is 5.82. The van der Waals surface area contributed by atoms with Crippen LogP contribution in [0.4, 0.5) is 5.13 Å². The number of halogens is 2. The summed E-state index contributed by atoms with van der Waals surface area (Å²) in [5.74, 6) is -1.17. The molecule has 6 nitrogen and oxygen atoms in total. The Morgan fingerprint density at radius 3 is 2.31 bits per heavy atom. The van der Waals surface area contributed by atoms with Crippen molar-refractivity contribution >= 4 is 65.6 Å². The molecule has 2 aromatic carbocycles. The van der Waals surface area contributed by atoms with Gasteiger partial charge >= 0.3 is 0 Å². The summed E-state index contributed by atoms with van der Waals surface area (Å²) in [5, 5.41) is 1.49. The minimum atomic E-state index is -3.83. The average Bonchev–Trinajstić information content (AvgIpc) is 3.18. The summed E-state index contributed by atoms with van der Waals surface area (Å²) in [6.45, 7) is 8.57. The highest BCUT2D eigenvalue weighted by molar-refractivity contribution is 7.92. The number of nitrogens with zero attached hydrogens (tertiary/aromatic N) is 3. The Bertz CT molecular complexity index is 1210. The van der Waals surface area contributed by atoms with Crippen LogP contribution < -0.4 is 4.90 Å². The zero-order chi connectivity index (χ0) is 23.5. The second-order valence-electron chi connectivity index (χ2n) is 7.30. The van der Waals surface area contributed by atoms with Crippen LogP contribution in [-0.4, -0.2) is 56.1 Å². The molecule has 1 amide bonds. The van der Waals surface area contributed by atoms with Gasteiger partial charge in [-0.25, -0.2) is 13.4 Å². The van der Waals surface area contributed by atoms with Crippen LogP contribution in [0.25, 0.3) is 10.2 Å². The summed E-state index contributed by atoms with van der Waals surface area (Å²) in [7, 11) is -3.83. The van der Waals surface area contributed by atoms with Gasteiger partial charge in [-0.15, -0.1) is 0 Å². The number of fused-ring (bicyclic) bond motifs is 1. The number of rotatable bonds is 9. The molecule has 0 N–H and O–H groups in total. The number of aryl methyl sites for hydroxylation is 1. The number of amides is 1. The largest absolute Gasteiger partial charge is 0.302 e. The number of benzene rings is 2. The van der Waals surface area contributed by atoms with Gasteiger partial charge in [-0.05, 0) is 62.0 Å². The van der Waals surface area contributed by atoms with Gasteiger partial charge < -0.3 is 4.90 Å². The van der Waals surface area contributed by atoms with E-state index in [9.17, 15) is 13.2 Å². The fraction of sp³-hybridized carbons (Fsp3) is 0.364. The van der Waals surface area contributed by atoms with E-state index < -0.39 is 21.5 Å². The van der Waals surface area contributed by atoms with E-state index in [4.69, 9.17) is 23.2 Å². The van der Waals surface area contributed by atoms with Gasteiger partial charge in [0.05, 0.1) is 15.1 Å². The molecule has 0 fully saturated rings. The maximum atomic E-state index is 13.3. The molecule has 32 heavy (non-hydrogen) atoms. The Kier molecular flexibility index (Phi) is 8.16. The number of sulfone groups is 1. The van der Waals surface area contributed by atoms with Crippen LogP contribution >= 0.6 is 34.5 Å². The summed E-state index contributed by atoms with van der Waals surface area (Å²) in [4.78, 5) is 21.6. The van der Waals surface area contributed by atoms with Crippen LogP contribution in [0.1, 0.15) is 19.4 Å². The van der Waals surface area contributed by atoms with Crippen molar-refractivity contribution in [2.75, 3.05) is 36.8 Å². The van der Waals surface area contributed by atoms with Crippen LogP contribution in [0.3, 0.4) is 0 Å². The van der Waals surface area contributed by atoms with Crippen LogP contribution in [0.5, 0.6) is 0 Å². The molecule has 3 aromatic rings. The molecule has 0 bridgehead atoms. The first-order chi connectivity index (χ1) is 15.2. The molecular formula is C22H25Cl2N3O3S2. The lowest BCUT2D eigenvalue weighted by Crippen LogP contribution is -2.41. The second-order valence-corrected chi connectivity index (χ2v) is 11.1. The topological polar surface area (TPSA) is 70.6 Å². The number of aromatic nitrogens is 1. The number of carbonyl (C=O) groups excluding carboxylic acids is 1. The molecule has 0 saturated carbocycles. The maximum absolute atomic E-state index is 13.3. The van der Waals surface area contributed by atoms with E-state index >= 15 is 0 Å². The number of carbonyl (C=O) groups is 1. The fourth-order valence-electron chi connectivity index (χ4n) is 3.28. The molecule has 1 heterocycles. The predicted molar refractivity (Wildman–Crippen MR) is 133 cm³/mol. The van der Waals surface area contributed by atoms with E-state index in [0.717, 1.165) is 28.9 Å². The Morgan fingerprint density at radius 2 is 1.69 bits per heavy atom. The minimum Gasteiger partial charge on any atom is -0.302 e. The van der Waals surface area contributed by atoms with Crippen LogP contribution in [0, 0.1) is 6.92 Å². The van der Waals surface area contributed by atoms with Gasteiger partial charge in [0.1, 0.15) is 5.75 Å². The highest BCUT2D eigenvalue weighted by atomic mass is 35.5. The third kappa shape index (κ3) is 5.61. The highest BCUT2D eigenvalue weighted by Crippen LogP contribution is 2.33. The van der Waals surface area contributed by atoms with E-state index in [-0.39, 0.29) is 4.90 Å². The molecule has 3 rings (SSSR count). The zero-order valence-electron chi connectivity index (χ0n) is 18.1. The van der Waals surface area contributed by atoms with Crippen LogP contribution in [0.15, 0.2) is 41.3 Å². The summed E-state index contributed by atoms with van der Waals surface area (Å²) in [5.41, 5.74) is 1.55. The SMILES string of the molecule is CCN(CC)CCN(C(=O)CS(=O)(=O)c1ccc(Cl)cc1)c1nc2c(C)c(Cl)ccc2s1. The lowest BCUT2D eigenvalue weighted by atomic mass is 10.2. The molecule has 0 unspecified atom stereocenters. The van der Waals surface area contributed by atoms with E-state index in [2.05, 4.69) is 9.88 Å². The molecule has 0 atom stereocenters. The third-order valence-electron chi connectivity index (χ3n) is 5.29. The van der Waals surface area contributed by atoms with Crippen molar-refractivity contribution in [1.29, 1.82) is 0 Å². The van der Waals surface area contributed by atoms with Crippen molar-refractivity contribution in [3.05, 3.63) is 52.0 Å². The first-order valence-corrected chi connectivity index (χ1v) is 13.5. The van der Waals surface area contributed by atoms with Crippen molar-refractivity contribution in [3.8, 4) is 0 Å². The summed E-state index contributed by atoms with van der Waals surface area (Å²) < 4.78 is 26.6. The van der Waals surface area contributed by atoms with Gasteiger partial charge in [0, 0.05) is 23.1 Å². The number of hydrogen-bond donors (Lipinski definition) is 0. The van der Waals surface area contributed by atoms with Gasteiger partial charge in [-0.2, -0.15) is 0 Å². The zero-order valence-corrected chi connectivity index (χ0v) is 21.3. The van der Waals surface area contributed by atoms with Crippen molar-refractivity contribution in [2.45, 2.75) is 25.7 Å². The van der Waals surface area contributed by atoms with E-state index in [1.165, 1.54) is 40.5 Å². The molecule has 10 heteroatoms. The lowest BCUT2D eigenvalue weighted by molar-refractivity contribution is -0.116. The van der Waals surface area contributed by atoms with E-state index in [1.54, 1.807) is 6.07 Å². The Labute approximate surface area is 202 Å². The number of anilines is 1. The summed E-state index contributed by atoms with van der Waals surface area (Å²) >= 11 is 13.5. The molecule has 0 aliphatic heterocycles. The quantitative estimate of drug-likeness (QED) is 0.399. The molecule has 0 spiro atoms. The van der Waals surface area contributed by atoms with E-state index in [1.807, 2.05) is 26.8 Å². The van der Waals surface area contributed by atoms with Crippen LogP contribution in [-0.2, 0) is 14.6 Å². The van der Waals surface area contributed by atoms with Crippen molar-refractivity contribution in [1.82, 2.24) is 9.88 Å². The molecule has 0 aliphatic carbocycles. The first-order valence-electron chi connectivity index (χ1n) is 10.2. The molecule has 1 aromatic heterocycles. The molecular weight excluding hydrogens is 489 g/mol. The first kappa shape index (κ1) is 24.9. The number of thiazole rings is 1. The lowest BCUT2D eigenvalue weighted by Gasteiger charge is -2.24. The normalized spacial score (nSPS) is 11.9. The van der Waals surface area contributed by atoms with Crippen LogP contribution in [0.2, 0.25) is 10.0 Å². The van der Waals surface area contributed by atoms with Crippen molar-refractivity contribution in [2.24, 2.45) is 0 Å². The smallest absolute Gasteiger partial charge is 0.244 e. The van der Waals surface area contributed by atoms with Gasteiger partial charge in [0.15, 0.2) is 15.0 Å². The Hall–Kier alpha value is -1.71. The monoisotopic (exact) mass is 513 g/mol. The van der Waals surface area contributed by atoms with Crippen molar-refractivity contribution < 1.29 is 13.2 Å². The molecule has 0 saturated heterocycles. The summed E-state index contributed by atoms with van der Waals surface area (Å²) in [6, 6.07) is 9.48. The van der Waals surface area contributed by atoms with E-state index in [0.29, 0.717) is 28.3 Å². The second kappa shape index (κ2) is 10.5.